The maximum Gasteiger partial charge on any atom is 0.408 e. The number of hydrogen-bond donors (Lipinski definition) is 3. The molecule has 0 saturated heterocycles. The average Bonchev–Trinajstić information content (AvgIpc) is 2.70. The second-order valence-corrected chi connectivity index (χ2v) is 9.40. The summed E-state index contributed by atoms with van der Waals surface area (Å²) in [6, 6.07) is 3.44. The van der Waals surface area contributed by atoms with E-state index in [0.29, 0.717) is 12.1 Å². The van der Waals surface area contributed by atoms with Gasteiger partial charge in [-0.05, 0) is 59.1 Å². The number of nitrogens with two attached hydrogens (primary N) is 1. The summed E-state index contributed by atoms with van der Waals surface area (Å²) in [5.41, 5.74) is 7.12. The number of aryl methyl sites for hydroxylation is 2. The summed E-state index contributed by atoms with van der Waals surface area (Å²) in [5.74, 6) is -1.69. The molecule has 0 bridgehead atoms. The van der Waals surface area contributed by atoms with Crippen molar-refractivity contribution < 1.29 is 23.9 Å². The van der Waals surface area contributed by atoms with Crippen molar-refractivity contribution in [3.63, 3.8) is 0 Å². The summed E-state index contributed by atoms with van der Waals surface area (Å²) in [7, 11) is 0. The van der Waals surface area contributed by atoms with Crippen molar-refractivity contribution in [1.29, 1.82) is 0 Å². The van der Waals surface area contributed by atoms with E-state index < -0.39 is 42.0 Å². The van der Waals surface area contributed by atoms with E-state index in [4.69, 9.17) is 10.5 Å². The van der Waals surface area contributed by atoms with Gasteiger partial charge in [-0.1, -0.05) is 37.1 Å². The molecule has 0 aliphatic rings. The Morgan fingerprint density at radius 1 is 1.12 bits per heavy atom. The molecular formula is C25H40N4O5. The Balaban J connectivity index is 3.38. The van der Waals surface area contributed by atoms with Gasteiger partial charge < -0.3 is 26.0 Å². The number of carbonyl (C=O) groups excluding carboxylic acids is 4. The van der Waals surface area contributed by atoms with E-state index >= 15 is 0 Å². The number of ether oxygens (including phenoxy) is 1. The van der Waals surface area contributed by atoms with E-state index in [1.807, 2.05) is 39.0 Å². The lowest BCUT2D eigenvalue weighted by atomic mass is 9.96. The zero-order chi connectivity index (χ0) is 26.1. The molecule has 4 N–H and O–H groups in total. The Bertz CT molecular complexity index is 879. The molecule has 2 unspecified atom stereocenters. The van der Waals surface area contributed by atoms with Crippen LogP contribution in [0.3, 0.4) is 0 Å². The van der Waals surface area contributed by atoms with Crippen molar-refractivity contribution in [3.8, 4) is 0 Å². The van der Waals surface area contributed by atoms with Gasteiger partial charge in [0.25, 0.3) is 0 Å². The molecule has 0 heterocycles. The van der Waals surface area contributed by atoms with Crippen LogP contribution >= 0.6 is 0 Å². The van der Waals surface area contributed by atoms with Crippen LogP contribution in [0.2, 0.25) is 0 Å². The fourth-order valence-electron chi connectivity index (χ4n) is 3.59. The second kappa shape index (κ2) is 13.0. The first kappa shape index (κ1) is 28.9. The van der Waals surface area contributed by atoms with Gasteiger partial charge in [0, 0.05) is 13.1 Å². The van der Waals surface area contributed by atoms with Crippen LogP contribution in [-0.2, 0) is 19.1 Å². The molecule has 0 aromatic heterocycles. The minimum Gasteiger partial charge on any atom is -0.444 e. The third-order valence-electron chi connectivity index (χ3n) is 5.13. The normalized spacial score (nSPS) is 12.9. The Morgan fingerprint density at radius 2 is 1.76 bits per heavy atom. The third-order valence-corrected chi connectivity index (χ3v) is 5.13. The highest BCUT2D eigenvalue weighted by Gasteiger charge is 2.36. The number of alkyl carbamates (subject to hydrolysis) is 1. The lowest BCUT2D eigenvalue weighted by molar-refractivity contribution is -0.143. The molecule has 0 saturated carbocycles. The van der Waals surface area contributed by atoms with Crippen molar-refractivity contribution in [2.24, 2.45) is 5.73 Å². The number of nitrogens with zero attached hydrogens (tertiary/aromatic N) is 1. The zero-order valence-electron chi connectivity index (χ0n) is 21.5. The molecule has 34 heavy (non-hydrogen) atoms. The number of amides is 4. The van der Waals surface area contributed by atoms with E-state index in [9.17, 15) is 19.2 Å². The van der Waals surface area contributed by atoms with Gasteiger partial charge in [0.05, 0.1) is 6.42 Å². The van der Waals surface area contributed by atoms with Gasteiger partial charge in [0.15, 0.2) is 0 Å². The van der Waals surface area contributed by atoms with Crippen LogP contribution in [0.4, 0.5) is 4.79 Å². The largest absolute Gasteiger partial charge is 0.444 e. The van der Waals surface area contributed by atoms with Crippen LogP contribution in [0.1, 0.15) is 76.6 Å². The first-order valence-corrected chi connectivity index (χ1v) is 11.7. The van der Waals surface area contributed by atoms with Crippen LogP contribution in [-0.4, -0.2) is 53.4 Å². The van der Waals surface area contributed by atoms with Crippen LogP contribution in [0, 0.1) is 13.8 Å². The minimum absolute atomic E-state index is 0.170. The maximum atomic E-state index is 13.6. The molecule has 4 amide bonds. The molecule has 1 aromatic rings. The Kier molecular flexibility index (Phi) is 11.0. The summed E-state index contributed by atoms with van der Waals surface area (Å²) in [6.45, 7) is 13.3. The quantitative estimate of drug-likeness (QED) is 0.423. The predicted octanol–water partition coefficient (Wildman–Crippen LogP) is 2.88. The molecule has 0 radical (unpaired) electrons. The fourth-order valence-corrected chi connectivity index (χ4v) is 3.59. The van der Waals surface area contributed by atoms with Gasteiger partial charge in [-0.3, -0.25) is 14.4 Å². The number of benzene rings is 1. The fraction of sp³-hybridized carbons (Fsp3) is 0.600. The van der Waals surface area contributed by atoms with Crippen molar-refractivity contribution in [2.75, 3.05) is 13.1 Å². The summed E-state index contributed by atoms with van der Waals surface area (Å²) < 4.78 is 5.25. The molecule has 0 aliphatic heterocycles. The van der Waals surface area contributed by atoms with Gasteiger partial charge in [0.2, 0.25) is 17.7 Å². The van der Waals surface area contributed by atoms with Crippen molar-refractivity contribution >= 4 is 23.8 Å². The van der Waals surface area contributed by atoms with Crippen molar-refractivity contribution in [1.82, 2.24) is 15.5 Å². The van der Waals surface area contributed by atoms with Crippen molar-refractivity contribution in [3.05, 3.63) is 34.9 Å². The van der Waals surface area contributed by atoms with E-state index in [1.54, 1.807) is 27.7 Å². The first-order valence-electron chi connectivity index (χ1n) is 11.7. The number of hydrogen-bond acceptors (Lipinski definition) is 5. The van der Waals surface area contributed by atoms with Crippen LogP contribution in [0.15, 0.2) is 18.2 Å². The highest BCUT2D eigenvalue weighted by Crippen LogP contribution is 2.26. The minimum atomic E-state index is -1.27. The summed E-state index contributed by atoms with van der Waals surface area (Å²) in [5, 5.41) is 5.36. The molecular weight excluding hydrogens is 436 g/mol. The number of rotatable bonds is 11. The molecule has 9 nitrogen and oxygen atoms in total. The lowest BCUT2D eigenvalue weighted by Crippen LogP contribution is -2.54. The number of primary amides is 1. The van der Waals surface area contributed by atoms with Gasteiger partial charge in [0.1, 0.15) is 17.7 Å². The summed E-state index contributed by atoms with van der Waals surface area (Å²) in [6.07, 6.45) is 0.436. The van der Waals surface area contributed by atoms with Gasteiger partial charge in [-0.15, -0.1) is 0 Å². The van der Waals surface area contributed by atoms with E-state index in [2.05, 4.69) is 10.6 Å². The number of carbonyl (C=O) groups is 4. The molecule has 1 aromatic carbocycles. The zero-order valence-corrected chi connectivity index (χ0v) is 21.5. The SMILES string of the molecule is CCCCNC(=O)C(c1ccc(C)cc1C)N(CC)C(=O)C(CC(N)=O)NC(=O)OC(C)(C)C. The average molecular weight is 477 g/mol. The van der Waals surface area contributed by atoms with Crippen LogP contribution in [0.25, 0.3) is 0 Å². The van der Waals surface area contributed by atoms with Gasteiger partial charge in [-0.25, -0.2) is 4.79 Å². The van der Waals surface area contributed by atoms with E-state index in [0.717, 1.165) is 24.0 Å². The monoisotopic (exact) mass is 476 g/mol. The highest BCUT2D eigenvalue weighted by molar-refractivity contribution is 5.94. The van der Waals surface area contributed by atoms with Crippen molar-refractivity contribution in [2.45, 2.75) is 85.4 Å². The maximum absolute atomic E-state index is 13.6. The molecule has 0 aliphatic carbocycles. The molecule has 9 heteroatoms. The molecule has 0 fully saturated rings. The highest BCUT2D eigenvalue weighted by atomic mass is 16.6. The van der Waals surface area contributed by atoms with Crippen LogP contribution in [0.5, 0.6) is 0 Å². The van der Waals surface area contributed by atoms with E-state index in [1.165, 1.54) is 4.90 Å². The van der Waals surface area contributed by atoms with Gasteiger partial charge >= 0.3 is 6.09 Å². The molecule has 190 valence electrons. The molecule has 1 rings (SSSR count). The van der Waals surface area contributed by atoms with Crippen LogP contribution < -0.4 is 16.4 Å². The second-order valence-electron chi connectivity index (χ2n) is 9.40. The predicted molar refractivity (Wildman–Crippen MR) is 131 cm³/mol. The molecule has 2 atom stereocenters. The molecule has 0 spiro atoms. The smallest absolute Gasteiger partial charge is 0.408 e. The van der Waals surface area contributed by atoms with E-state index in [-0.39, 0.29) is 12.5 Å². The van der Waals surface area contributed by atoms with Gasteiger partial charge in [-0.2, -0.15) is 0 Å². The number of nitrogens with one attached hydrogen (secondary N) is 2. The Hall–Kier alpha value is -3.10. The third kappa shape index (κ3) is 9.03. The number of unbranched alkanes of at least 4 members (excludes halogenated alkanes) is 1. The topological polar surface area (TPSA) is 131 Å². The standard InChI is InChI=1S/C25H40N4O5/c1-8-10-13-27-22(31)21(18-12-11-16(3)14-17(18)4)29(9-2)23(32)19(15-20(26)30)28-24(33)34-25(5,6)7/h11-12,14,19,21H,8-10,13,15H2,1-7H3,(H2,26,30)(H,27,31)(H,28,33). The summed E-state index contributed by atoms with van der Waals surface area (Å²) >= 11 is 0. The first-order chi connectivity index (χ1) is 15.8. The number of likely N-dealkylation sites (N-methyl/N-ethyl adjacent to an activating group) is 1. The summed E-state index contributed by atoms with van der Waals surface area (Å²) in [4.78, 5) is 52.4. The Morgan fingerprint density at radius 3 is 2.26 bits per heavy atom. The lowest BCUT2D eigenvalue weighted by Gasteiger charge is -2.34. The Labute approximate surface area is 202 Å².